The first-order chi connectivity index (χ1) is 9.06. The van der Waals surface area contributed by atoms with Crippen LogP contribution >= 0.6 is 11.8 Å². The van der Waals surface area contributed by atoms with Crippen molar-refractivity contribution in [2.75, 3.05) is 0 Å². The molecule has 96 valence electrons. The Morgan fingerprint density at radius 3 is 2.63 bits per heavy atom. The molecule has 1 fully saturated rings. The van der Waals surface area contributed by atoms with E-state index in [1.165, 1.54) is 31.1 Å². The Balaban J connectivity index is 2.03. The summed E-state index contributed by atoms with van der Waals surface area (Å²) >= 11 is 2.43. The average molecular weight is 440 g/mol. The summed E-state index contributed by atoms with van der Waals surface area (Å²) in [6.45, 7) is 5.78. The maximum atomic E-state index is 11.9. The van der Waals surface area contributed by atoms with Crippen molar-refractivity contribution in [3.63, 3.8) is 0 Å². The first kappa shape index (κ1) is 14.2. The standard InChI is InChI=1S/C14H10NO2S.W/c1-10(9-12-7-8-13(16)18-12)15-14(17)11-5-3-2-4-6-11;/h1-6,9H,8H2,(H,15,17);/q-1;/b12-9+;. The van der Waals surface area contributed by atoms with Gasteiger partial charge < -0.3 is 0 Å². The van der Waals surface area contributed by atoms with E-state index in [0.29, 0.717) is 12.0 Å². The van der Waals surface area contributed by atoms with Crippen molar-refractivity contribution in [2.45, 2.75) is 6.42 Å². The van der Waals surface area contributed by atoms with Gasteiger partial charge in [0.1, 0.15) is 0 Å². The van der Waals surface area contributed by atoms with Crippen LogP contribution in [0.3, 0.4) is 0 Å². The zero-order valence-electron chi connectivity index (χ0n) is 9.88. The van der Waals surface area contributed by atoms with E-state index in [1.807, 2.05) is 6.07 Å². The van der Waals surface area contributed by atoms with Crippen molar-refractivity contribution in [1.82, 2.24) is 5.32 Å². The van der Waals surface area contributed by atoms with Crippen LogP contribution in [0.4, 0.5) is 0 Å². The number of carbonyl (C=O) groups excluding carboxylic acids is 2. The molecule has 0 radical (unpaired) electrons. The molecule has 0 saturated carbocycles. The fourth-order valence-corrected chi connectivity index (χ4v) is 3.84. The number of carbonyl (C=O) groups is 2. The van der Waals surface area contributed by atoms with Crippen molar-refractivity contribution >= 4 is 26.7 Å². The van der Waals surface area contributed by atoms with Gasteiger partial charge in [-0.3, -0.25) is 0 Å². The van der Waals surface area contributed by atoms with Gasteiger partial charge in [0.25, 0.3) is 0 Å². The molecule has 1 N–H and O–H groups in total. The third-order valence-electron chi connectivity index (χ3n) is 2.38. The Morgan fingerprint density at radius 1 is 1.37 bits per heavy atom. The van der Waals surface area contributed by atoms with Crippen LogP contribution in [0.15, 0.2) is 47.0 Å². The zero-order chi connectivity index (χ0) is 13.8. The summed E-state index contributed by atoms with van der Waals surface area (Å²) < 4.78 is 1.06. The number of hydrogen-bond acceptors (Lipinski definition) is 3. The van der Waals surface area contributed by atoms with Crippen molar-refractivity contribution in [3.05, 3.63) is 59.2 Å². The Kier molecular flexibility index (Phi) is 4.67. The van der Waals surface area contributed by atoms with Gasteiger partial charge in [-0.2, -0.15) is 0 Å². The molecule has 3 nitrogen and oxygen atoms in total. The van der Waals surface area contributed by atoms with Gasteiger partial charge in [-0.05, 0) is 0 Å². The van der Waals surface area contributed by atoms with Gasteiger partial charge in [-0.15, -0.1) is 0 Å². The average Bonchev–Trinajstić information content (AvgIpc) is 2.68. The molecule has 5 heteroatoms. The number of benzene rings is 1. The Hall–Kier alpha value is -1.25. The monoisotopic (exact) mass is 440 g/mol. The van der Waals surface area contributed by atoms with Crippen LogP contribution in [0.1, 0.15) is 16.8 Å². The maximum absolute atomic E-state index is 11.9. The zero-order valence-corrected chi connectivity index (χ0v) is 13.6. The van der Waals surface area contributed by atoms with Crippen LogP contribution in [-0.2, 0) is 24.1 Å². The summed E-state index contributed by atoms with van der Waals surface area (Å²) in [5.41, 5.74) is 0.801. The first-order valence-corrected chi connectivity index (χ1v) is 7.79. The van der Waals surface area contributed by atoms with Gasteiger partial charge in [0.15, 0.2) is 0 Å². The molecular weight excluding hydrogens is 430 g/mol. The van der Waals surface area contributed by atoms with E-state index in [1.54, 1.807) is 30.3 Å². The topological polar surface area (TPSA) is 46.2 Å². The van der Waals surface area contributed by atoms with Gasteiger partial charge in [0.05, 0.1) is 0 Å². The van der Waals surface area contributed by atoms with Crippen LogP contribution in [0.25, 0.3) is 0 Å². The number of hydrogen-bond donors (Lipinski definition) is 1. The second-order valence-corrected chi connectivity index (χ2v) is 6.73. The first-order valence-electron chi connectivity index (χ1n) is 5.50. The van der Waals surface area contributed by atoms with Crippen LogP contribution in [0.5, 0.6) is 0 Å². The Labute approximate surface area is 126 Å². The summed E-state index contributed by atoms with van der Waals surface area (Å²) in [5, 5.41) is 2.73. The molecule has 19 heavy (non-hydrogen) atoms. The van der Waals surface area contributed by atoms with Gasteiger partial charge in [-0.1, -0.05) is 0 Å². The second kappa shape index (κ2) is 6.27. The summed E-state index contributed by atoms with van der Waals surface area (Å²) in [6, 6.07) is 8.84. The van der Waals surface area contributed by atoms with Crippen LogP contribution in [0, 0.1) is 6.58 Å². The normalized spacial score (nSPS) is 16.7. The van der Waals surface area contributed by atoms with Gasteiger partial charge in [0.2, 0.25) is 0 Å². The SMILES string of the molecule is [CH-]=C(/C=C1/SC(=O)C[C]1=[W])NC(=O)c1ccccc1. The molecular formula is C14H10NO2SW-. The second-order valence-electron chi connectivity index (χ2n) is 3.86. The van der Waals surface area contributed by atoms with E-state index in [4.69, 9.17) is 6.58 Å². The quantitative estimate of drug-likeness (QED) is 0.732. The van der Waals surface area contributed by atoms with Gasteiger partial charge in [-0.25, -0.2) is 0 Å². The van der Waals surface area contributed by atoms with Crippen LogP contribution < -0.4 is 5.32 Å². The number of amides is 1. The summed E-state index contributed by atoms with van der Waals surface area (Å²) in [7, 11) is 0. The fourth-order valence-electron chi connectivity index (χ4n) is 1.51. The Morgan fingerprint density at radius 2 is 2.05 bits per heavy atom. The minimum absolute atomic E-state index is 0.124. The molecule has 1 aromatic carbocycles. The summed E-state index contributed by atoms with van der Waals surface area (Å²) in [4.78, 5) is 24.0. The van der Waals surface area contributed by atoms with E-state index < -0.39 is 0 Å². The molecule has 0 aliphatic carbocycles. The third-order valence-corrected chi connectivity index (χ3v) is 5.16. The number of rotatable bonds is 3. The number of thioether (sulfide) groups is 1. The molecule has 1 saturated heterocycles. The van der Waals surface area contributed by atoms with E-state index >= 15 is 0 Å². The third kappa shape index (κ3) is 3.85. The molecule has 1 aliphatic heterocycles. The minimum atomic E-state index is -0.255. The van der Waals surface area contributed by atoms with E-state index in [9.17, 15) is 9.59 Å². The number of allylic oxidation sites excluding steroid dienone is 2. The molecule has 1 aliphatic rings. The van der Waals surface area contributed by atoms with Crippen molar-refractivity contribution in [1.29, 1.82) is 0 Å². The van der Waals surface area contributed by atoms with Crippen molar-refractivity contribution in [3.8, 4) is 0 Å². The molecule has 1 aromatic rings. The van der Waals surface area contributed by atoms with Crippen LogP contribution in [-0.4, -0.2) is 14.9 Å². The molecule has 0 bridgehead atoms. The molecule has 0 unspecified atom stereocenters. The number of nitrogens with one attached hydrogen (secondary N) is 1. The summed E-state index contributed by atoms with van der Waals surface area (Å²) in [5.74, 6) is -0.255. The molecule has 0 aromatic heterocycles. The molecule has 1 heterocycles. The molecule has 1 amide bonds. The van der Waals surface area contributed by atoms with Gasteiger partial charge >= 0.3 is 127 Å². The van der Waals surface area contributed by atoms with Crippen molar-refractivity contribution < 1.29 is 28.9 Å². The predicted octanol–water partition coefficient (Wildman–Crippen LogP) is 2.00. The van der Waals surface area contributed by atoms with E-state index in [-0.39, 0.29) is 16.7 Å². The molecule has 2 rings (SSSR count). The van der Waals surface area contributed by atoms with E-state index in [2.05, 4.69) is 5.32 Å². The van der Waals surface area contributed by atoms with E-state index in [0.717, 1.165) is 8.80 Å². The molecule has 0 spiro atoms. The Bertz CT molecular complexity index is 593. The fraction of sp³-hybridized carbons (Fsp3) is 0.0714. The van der Waals surface area contributed by atoms with Crippen molar-refractivity contribution in [2.24, 2.45) is 0 Å². The predicted molar refractivity (Wildman–Crippen MR) is 72.0 cm³/mol. The van der Waals surface area contributed by atoms with Crippen LogP contribution in [0.2, 0.25) is 0 Å². The van der Waals surface area contributed by atoms with Gasteiger partial charge in [0, 0.05) is 0 Å². The molecule has 0 atom stereocenters. The summed E-state index contributed by atoms with van der Waals surface area (Å²) in [6.07, 6.45) is 2.13.